The minimum Gasteiger partial charge on any atom is -0.207 e. The molecule has 3 heteroatoms. The Hall–Kier alpha value is -1.22. The number of rotatable bonds is 3. The maximum absolute atomic E-state index is 13.3. The van der Waals surface area contributed by atoms with E-state index in [1.165, 1.54) is 12.1 Å². The molecule has 0 saturated heterocycles. The molecular weight excluding hydrogens is 286 g/mol. The summed E-state index contributed by atoms with van der Waals surface area (Å²) < 4.78 is 27.0. The Balaban J connectivity index is 2.04. The van der Waals surface area contributed by atoms with E-state index in [0.717, 1.165) is 16.1 Å². The Morgan fingerprint density at radius 1 is 1.00 bits per heavy atom. The second kappa shape index (κ2) is 5.41. The van der Waals surface area contributed by atoms with E-state index in [1.54, 1.807) is 6.42 Å². The zero-order valence-electron chi connectivity index (χ0n) is 8.96. The van der Waals surface area contributed by atoms with Crippen LogP contribution in [0.4, 0.5) is 8.78 Å². The van der Waals surface area contributed by atoms with Crippen molar-refractivity contribution in [1.29, 1.82) is 0 Å². The molecule has 87 valence electrons. The molecule has 2 rings (SSSR count). The SMILES string of the molecule is Fc1ccc([CH]Cc2ccc(Br)cc2)c(F)c1. The van der Waals surface area contributed by atoms with Gasteiger partial charge in [0.25, 0.3) is 0 Å². The lowest BCUT2D eigenvalue weighted by atomic mass is 10.0. The zero-order valence-corrected chi connectivity index (χ0v) is 10.5. The average molecular weight is 296 g/mol. The molecular formula is C14H10BrF2. The molecule has 1 radical (unpaired) electrons. The van der Waals surface area contributed by atoms with E-state index in [-0.39, 0.29) is 0 Å². The first-order valence-electron chi connectivity index (χ1n) is 5.18. The van der Waals surface area contributed by atoms with Crippen LogP contribution in [0.2, 0.25) is 0 Å². The van der Waals surface area contributed by atoms with Gasteiger partial charge in [-0.1, -0.05) is 34.1 Å². The highest BCUT2D eigenvalue weighted by atomic mass is 79.9. The highest BCUT2D eigenvalue weighted by Crippen LogP contribution is 2.16. The molecule has 0 heterocycles. The van der Waals surface area contributed by atoms with Crippen LogP contribution in [0.5, 0.6) is 0 Å². The van der Waals surface area contributed by atoms with Crippen LogP contribution in [0.25, 0.3) is 0 Å². The van der Waals surface area contributed by atoms with Crippen molar-refractivity contribution in [3.05, 3.63) is 76.1 Å². The van der Waals surface area contributed by atoms with Gasteiger partial charge < -0.3 is 0 Å². The summed E-state index contributed by atoms with van der Waals surface area (Å²) in [5.41, 5.74) is 1.51. The largest absolute Gasteiger partial charge is 0.207 e. The van der Waals surface area contributed by atoms with Gasteiger partial charge in [-0.05, 0) is 42.2 Å². The monoisotopic (exact) mass is 295 g/mol. The van der Waals surface area contributed by atoms with Crippen molar-refractivity contribution in [3.63, 3.8) is 0 Å². The molecule has 0 spiro atoms. The lowest BCUT2D eigenvalue weighted by molar-refractivity contribution is 0.578. The molecule has 17 heavy (non-hydrogen) atoms. The van der Waals surface area contributed by atoms with Crippen molar-refractivity contribution in [3.8, 4) is 0 Å². The van der Waals surface area contributed by atoms with Crippen LogP contribution >= 0.6 is 15.9 Å². The highest BCUT2D eigenvalue weighted by molar-refractivity contribution is 9.10. The van der Waals surface area contributed by atoms with Crippen molar-refractivity contribution >= 4 is 15.9 Å². The van der Waals surface area contributed by atoms with Gasteiger partial charge in [-0.25, -0.2) is 8.78 Å². The van der Waals surface area contributed by atoms with E-state index in [1.807, 2.05) is 24.3 Å². The van der Waals surface area contributed by atoms with Crippen LogP contribution in [-0.2, 0) is 6.42 Å². The first-order valence-corrected chi connectivity index (χ1v) is 5.97. The Morgan fingerprint density at radius 2 is 1.71 bits per heavy atom. The normalized spacial score (nSPS) is 10.5. The molecule has 0 nitrogen and oxygen atoms in total. The highest BCUT2D eigenvalue weighted by Gasteiger charge is 2.04. The lowest BCUT2D eigenvalue weighted by Gasteiger charge is -2.03. The molecule has 0 atom stereocenters. The summed E-state index contributed by atoms with van der Waals surface area (Å²) in [6.45, 7) is 0. The van der Waals surface area contributed by atoms with Crippen molar-refractivity contribution in [2.24, 2.45) is 0 Å². The maximum Gasteiger partial charge on any atom is 0.129 e. The quantitative estimate of drug-likeness (QED) is 0.781. The van der Waals surface area contributed by atoms with Crippen LogP contribution < -0.4 is 0 Å². The van der Waals surface area contributed by atoms with Gasteiger partial charge in [0, 0.05) is 10.5 Å². The Morgan fingerprint density at radius 3 is 2.35 bits per heavy atom. The maximum atomic E-state index is 13.3. The van der Waals surface area contributed by atoms with Gasteiger partial charge in [0.05, 0.1) is 0 Å². The minimum absolute atomic E-state index is 0.425. The van der Waals surface area contributed by atoms with Crippen LogP contribution in [-0.4, -0.2) is 0 Å². The van der Waals surface area contributed by atoms with Crippen molar-refractivity contribution < 1.29 is 8.78 Å². The summed E-state index contributed by atoms with van der Waals surface area (Å²) in [7, 11) is 0. The Kier molecular flexibility index (Phi) is 3.89. The second-order valence-corrected chi connectivity index (χ2v) is 4.62. The molecule has 0 unspecified atom stereocenters. The third-order valence-electron chi connectivity index (χ3n) is 2.43. The fourth-order valence-corrected chi connectivity index (χ4v) is 1.78. The molecule has 0 fully saturated rings. The van der Waals surface area contributed by atoms with Crippen LogP contribution in [0.15, 0.2) is 46.9 Å². The Labute approximate surface area is 107 Å². The van der Waals surface area contributed by atoms with Crippen LogP contribution in [0.3, 0.4) is 0 Å². The summed E-state index contributed by atoms with van der Waals surface area (Å²) in [6.07, 6.45) is 2.37. The summed E-state index contributed by atoms with van der Waals surface area (Å²) in [6, 6.07) is 11.4. The number of benzene rings is 2. The lowest BCUT2D eigenvalue weighted by Crippen LogP contribution is -1.93. The van der Waals surface area contributed by atoms with E-state index in [4.69, 9.17) is 0 Å². The summed E-state index contributed by atoms with van der Waals surface area (Å²) in [5, 5.41) is 0. The van der Waals surface area contributed by atoms with Crippen LogP contribution in [0, 0.1) is 18.1 Å². The zero-order chi connectivity index (χ0) is 12.3. The fourth-order valence-electron chi connectivity index (χ4n) is 1.52. The first-order chi connectivity index (χ1) is 8.15. The molecule has 2 aromatic carbocycles. The van der Waals surface area contributed by atoms with E-state index < -0.39 is 11.6 Å². The van der Waals surface area contributed by atoms with Gasteiger partial charge in [0.2, 0.25) is 0 Å². The predicted molar refractivity (Wildman–Crippen MR) is 67.6 cm³/mol. The third-order valence-corrected chi connectivity index (χ3v) is 2.96. The fraction of sp³-hybridized carbons (Fsp3) is 0.0714. The summed E-state index contributed by atoms with van der Waals surface area (Å²) in [4.78, 5) is 0. The predicted octanol–water partition coefficient (Wildman–Crippen LogP) is 4.52. The molecule has 0 N–H and O–H groups in total. The van der Waals surface area contributed by atoms with Gasteiger partial charge in [0.15, 0.2) is 0 Å². The molecule has 0 aromatic heterocycles. The summed E-state index contributed by atoms with van der Waals surface area (Å²) in [5.74, 6) is -1.08. The number of hydrogen-bond acceptors (Lipinski definition) is 0. The molecule has 2 aromatic rings. The molecule has 0 bridgehead atoms. The van der Waals surface area contributed by atoms with Gasteiger partial charge in [-0.2, -0.15) is 0 Å². The summed E-state index contributed by atoms with van der Waals surface area (Å²) >= 11 is 3.35. The number of halogens is 3. The van der Waals surface area contributed by atoms with E-state index in [0.29, 0.717) is 12.0 Å². The molecule has 0 aliphatic carbocycles. The van der Waals surface area contributed by atoms with E-state index in [9.17, 15) is 8.78 Å². The smallest absolute Gasteiger partial charge is 0.129 e. The topological polar surface area (TPSA) is 0 Å². The minimum atomic E-state index is -0.553. The average Bonchev–Trinajstić information content (AvgIpc) is 2.30. The first kappa shape index (κ1) is 12.2. The molecule has 0 aliphatic heterocycles. The van der Waals surface area contributed by atoms with Gasteiger partial charge in [-0.15, -0.1) is 0 Å². The second-order valence-electron chi connectivity index (χ2n) is 3.70. The molecule has 0 amide bonds. The van der Waals surface area contributed by atoms with Gasteiger partial charge in [0.1, 0.15) is 11.6 Å². The van der Waals surface area contributed by atoms with Crippen molar-refractivity contribution in [1.82, 2.24) is 0 Å². The van der Waals surface area contributed by atoms with Crippen molar-refractivity contribution in [2.45, 2.75) is 6.42 Å². The van der Waals surface area contributed by atoms with Crippen molar-refractivity contribution in [2.75, 3.05) is 0 Å². The molecule has 0 saturated carbocycles. The standard InChI is InChI=1S/C14H10BrF2/c15-12-6-2-10(3-7-12)1-4-11-5-8-13(16)9-14(11)17/h2-9H,1H2. The van der Waals surface area contributed by atoms with Gasteiger partial charge in [-0.3, -0.25) is 0 Å². The molecule has 0 aliphatic rings. The number of hydrogen-bond donors (Lipinski definition) is 0. The van der Waals surface area contributed by atoms with E-state index >= 15 is 0 Å². The third kappa shape index (κ3) is 3.37. The van der Waals surface area contributed by atoms with E-state index in [2.05, 4.69) is 15.9 Å². The Bertz CT molecular complexity index is 506. The van der Waals surface area contributed by atoms with Gasteiger partial charge >= 0.3 is 0 Å². The van der Waals surface area contributed by atoms with Crippen LogP contribution in [0.1, 0.15) is 11.1 Å².